The molecule has 6 nitrogen and oxygen atoms in total. The van der Waals surface area contributed by atoms with Crippen LogP contribution in [0, 0.1) is 34.0 Å². The first-order chi connectivity index (χ1) is 14.7. The zero-order valence-corrected chi connectivity index (χ0v) is 20.0. The number of carbonyl (C=O) groups is 4. The molecule has 176 valence electrons. The zero-order chi connectivity index (χ0) is 23.7. The Morgan fingerprint density at radius 2 is 1.81 bits per heavy atom. The molecule has 0 amide bonds. The zero-order valence-electron chi connectivity index (χ0n) is 20.0. The fourth-order valence-corrected chi connectivity index (χ4v) is 7.31. The first kappa shape index (κ1) is 23.3. The molecule has 0 aromatic rings. The maximum atomic E-state index is 13.6. The van der Waals surface area contributed by atoms with Crippen LogP contribution in [0.15, 0.2) is 11.6 Å². The summed E-state index contributed by atoms with van der Waals surface area (Å²) in [5.74, 6) is -0.767. The fraction of sp³-hybridized carbons (Fsp3) is 0.769. The van der Waals surface area contributed by atoms with Gasteiger partial charge >= 0.3 is 5.97 Å². The van der Waals surface area contributed by atoms with Crippen molar-refractivity contribution >= 4 is 23.3 Å². The van der Waals surface area contributed by atoms with Gasteiger partial charge in [-0.3, -0.25) is 19.2 Å². The van der Waals surface area contributed by atoms with Crippen LogP contribution in [0.25, 0.3) is 0 Å². The molecule has 0 aromatic carbocycles. The average molecular weight is 445 g/mol. The molecule has 6 heteroatoms. The van der Waals surface area contributed by atoms with Crippen LogP contribution >= 0.6 is 0 Å². The van der Waals surface area contributed by atoms with E-state index in [0.29, 0.717) is 19.3 Å². The molecule has 0 radical (unpaired) electrons. The molecular weight excluding hydrogens is 408 g/mol. The van der Waals surface area contributed by atoms with Gasteiger partial charge in [0, 0.05) is 24.2 Å². The highest BCUT2D eigenvalue weighted by atomic mass is 16.5. The third-order valence-electron chi connectivity index (χ3n) is 9.21. The van der Waals surface area contributed by atoms with Crippen molar-refractivity contribution < 1.29 is 29.0 Å². The van der Waals surface area contributed by atoms with Crippen molar-refractivity contribution in [2.45, 2.75) is 85.2 Å². The molecule has 4 aliphatic rings. The van der Waals surface area contributed by atoms with Crippen LogP contribution in [0.5, 0.6) is 0 Å². The van der Waals surface area contributed by atoms with Gasteiger partial charge in [-0.2, -0.15) is 0 Å². The Morgan fingerprint density at radius 3 is 2.47 bits per heavy atom. The van der Waals surface area contributed by atoms with Crippen molar-refractivity contribution in [3.05, 3.63) is 11.6 Å². The minimum absolute atomic E-state index is 0.0495. The summed E-state index contributed by atoms with van der Waals surface area (Å²) in [4.78, 5) is 50.9. The Kier molecular flexibility index (Phi) is 5.36. The lowest BCUT2D eigenvalue weighted by Crippen LogP contribution is -2.61. The minimum atomic E-state index is -1.67. The summed E-state index contributed by atoms with van der Waals surface area (Å²) in [7, 11) is 0. The second-order valence-corrected chi connectivity index (χ2v) is 12.0. The number of ether oxygens (including phenoxy) is 1. The van der Waals surface area contributed by atoms with Gasteiger partial charge in [-0.25, -0.2) is 0 Å². The molecule has 3 fully saturated rings. The number of ketones is 3. The number of carbonyl (C=O) groups excluding carboxylic acids is 4. The molecular formula is C26H36O6. The first-order valence-corrected chi connectivity index (χ1v) is 11.9. The van der Waals surface area contributed by atoms with Crippen LogP contribution in [0.4, 0.5) is 0 Å². The van der Waals surface area contributed by atoms with Crippen LogP contribution in [0.2, 0.25) is 0 Å². The van der Waals surface area contributed by atoms with E-state index < -0.39 is 34.8 Å². The summed E-state index contributed by atoms with van der Waals surface area (Å²) in [6.45, 7) is 8.68. The lowest BCUT2D eigenvalue weighted by molar-refractivity contribution is -0.175. The van der Waals surface area contributed by atoms with E-state index in [-0.39, 0.29) is 47.6 Å². The van der Waals surface area contributed by atoms with E-state index in [2.05, 4.69) is 6.92 Å². The number of aliphatic hydroxyl groups is 1. The van der Waals surface area contributed by atoms with Gasteiger partial charge in [0.25, 0.3) is 0 Å². The number of esters is 1. The molecule has 0 saturated heterocycles. The molecule has 4 rings (SSSR count). The molecule has 6 atom stereocenters. The van der Waals surface area contributed by atoms with Crippen LogP contribution in [0.3, 0.4) is 0 Å². The quantitative estimate of drug-likeness (QED) is 0.668. The molecule has 0 aliphatic heterocycles. The largest absolute Gasteiger partial charge is 0.457 e. The van der Waals surface area contributed by atoms with Crippen LogP contribution < -0.4 is 0 Å². The van der Waals surface area contributed by atoms with Crippen molar-refractivity contribution in [3.8, 4) is 0 Å². The number of hydrogen-bond donors (Lipinski definition) is 1. The summed E-state index contributed by atoms with van der Waals surface area (Å²) in [5, 5.41) is 11.6. The lowest BCUT2D eigenvalue weighted by Gasteiger charge is -2.57. The van der Waals surface area contributed by atoms with E-state index in [0.717, 1.165) is 18.4 Å². The summed E-state index contributed by atoms with van der Waals surface area (Å²) in [5.41, 5.74) is -2.47. The van der Waals surface area contributed by atoms with E-state index in [1.807, 2.05) is 6.92 Å². The fourth-order valence-electron chi connectivity index (χ4n) is 7.31. The molecule has 0 aromatic heterocycles. The topological polar surface area (TPSA) is 97.7 Å². The van der Waals surface area contributed by atoms with Crippen LogP contribution in [-0.2, 0) is 23.9 Å². The third kappa shape index (κ3) is 3.24. The molecule has 4 aliphatic carbocycles. The summed E-state index contributed by atoms with van der Waals surface area (Å²) < 4.78 is 5.23. The van der Waals surface area contributed by atoms with E-state index in [1.165, 1.54) is 0 Å². The summed E-state index contributed by atoms with van der Waals surface area (Å²) >= 11 is 0. The number of fused-ring (bicyclic) bond motifs is 5. The Hall–Kier alpha value is -1.82. The number of hydrogen-bond acceptors (Lipinski definition) is 6. The standard InChI is InChI=1S/C26H36O6/c1-23(2,3)22(30)32-14-20(29)26(31)11-9-18-17-7-6-15-12-16(27)8-10-24(15,4)21(17)19(28)13-25(18,26)5/h12,17-18,21,31H,6-11,13-14H2,1-5H3/t17-,18-,21+,24-,25-,26-/m0/s1. The normalized spacial score (nSPS) is 41.3. The van der Waals surface area contributed by atoms with E-state index >= 15 is 0 Å². The van der Waals surface area contributed by atoms with Gasteiger partial charge in [0.15, 0.2) is 12.4 Å². The predicted molar refractivity (Wildman–Crippen MR) is 117 cm³/mol. The van der Waals surface area contributed by atoms with Gasteiger partial charge in [-0.15, -0.1) is 0 Å². The van der Waals surface area contributed by atoms with E-state index in [1.54, 1.807) is 26.8 Å². The van der Waals surface area contributed by atoms with Gasteiger partial charge in [0.1, 0.15) is 11.4 Å². The highest BCUT2D eigenvalue weighted by molar-refractivity contribution is 5.95. The van der Waals surface area contributed by atoms with E-state index in [9.17, 15) is 24.3 Å². The second kappa shape index (κ2) is 7.34. The predicted octanol–water partition coefficient (Wildman–Crippen LogP) is 3.59. The Bertz CT molecular complexity index is 910. The highest BCUT2D eigenvalue weighted by Crippen LogP contribution is 2.66. The number of Topliss-reactive ketones (excluding diaryl/α,β-unsaturated/α-hetero) is 2. The van der Waals surface area contributed by atoms with Crippen molar-refractivity contribution in [3.63, 3.8) is 0 Å². The Morgan fingerprint density at radius 1 is 1.12 bits per heavy atom. The van der Waals surface area contributed by atoms with Gasteiger partial charge in [-0.05, 0) is 76.2 Å². The third-order valence-corrected chi connectivity index (χ3v) is 9.21. The monoisotopic (exact) mass is 444 g/mol. The molecule has 0 spiro atoms. The van der Waals surface area contributed by atoms with Crippen molar-refractivity contribution in [1.29, 1.82) is 0 Å². The van der Waals surface area contributed by atoms with Crippen molar-refractivity contribution in [2.75, 3.05) is 6.61 Å². The Balaban J connectivity index is 1.60. The molecule has 3 saturated carbocycles. The van der Waals surface area contributed by atoms with Gasteiger partial charge < -0.3 is 9.84 Å². The number of rotatable bonds is 3. The average Bonchev–Trinajstić information content (AvgIpc) is 2.97. The molecule has 1 N–H and O–H groups in total. The smallest absolute Gasteiger partial charge is 0.311 e. The minimum Gasteiger partial charge on any atom is -0.457 e. The summed E-state index contributed by atoms with van der Waals surface area (Å²) in [6, 6.07) is 0. The van der Waals surface area contributed by atoms with Gasteiger partial charge in [-0.1, -0.05) is 19.4 Å². The van der Waals surface area contributed by atoms with Crippen molar-refractivity contribution in [2.24, 2.45) is 34.0 Å². The highest BCUT2D eigenvalue weighted by Gasteiger charge is 2.68. The van der Waals surface area contributed by atoms with Gasteiger partial charge in [0.05, 0.1) is 5.41 Å². The molecule has 0 bridgehead atoms. The molecule has 32 heavy (non-hydrogen) atoms. The first-order valence-electron chi connectivity index (χ1n) is 11.9. The van der Waals surface area contributed by atoms with Crippen LogP contribution in [0.1, 0.15) is 79.6 Å². The van der Waals surface area contributed by atoms with Gasteiger partial charge in [0.2, 0.25) is 5.78 Å². The van der Waals surface area contributed by atoms with Crippen LogP contribution in [-0.4, -0.2) is 40.6 Å². The Labute approximate surface area is 190 Å². The maximum absolute atomic E-state index is 13.6. The van der Waals surface area contributed by atoms with E-state index in [4.69, 9.17) is 4.74 Å². The lowest BCUT2D eigenvalue weighted by atomic mass is 9.46. The maximum Gasteiger partial charge on any atom is 0.311 e. The summed E-state index contributed by atoms with van der Waals surface area (Å²) in [6.07, 6.45) is 5.63. The van der Waals surface area contributed by atoms with Crippen molar-refractivity contribution in [1.82, 2.24) is 0 Å². The second-order valence-electron chi connectivity index (χ2n) is 12.0. The number of allylic oxidation sites excluding steroid dienone is 1. The molecule has 0 heterocycles. The SMILES string of the molecule is CC(C)(C)C(=O)OCC(=O)[C@@]1(O)CC[C@H]2[C@@H]3CCC4=CC(=O)CC[C@]4(C)[C@H]3C(=O)C[C@@]21C. The molecule has 0 unspecified atom stereocenters.